The van der Waals surface area contributed by atoms with Crippen molar-refractivity contribution in [2.45, 2.75) is 51.4 Å². The van der Waals surface area contributed by atoms with E-state index in [1.165, 1.54) is 0 Å². The lowest BCUT2D eigenvalue weighted by atomic mass is 9.87. The molecule has 6 N–H and O–H groups in total. The molecule has 7 rings (SSSR count). The first-order chi connectivity index (χ1) is 27.0. The third kappa shape index (κ3) is 8.69. The Hall–Kier alpha value is -5.40. The van der Waals surface area contributed by atoms with Gasteiger partial charge >= 0.3 is 0 Å². The van der Waals surface area contributed by atoms with E-state index in [-0.39, 0.29) is 63.7 Å². The first kappa shape index (κ1) is 38.9. The number of ether oxygens (including phenoxy) is 4. The maximum absolute atomic E-state index is 9.45. The predicted octanol–water partition coefficient (Wildman–Crippen LogP) is 6.17. The fraction of sp³-hybridized carbons (Fsp3) is 0.364. The van der Waals surface area contributed by atoms with Crippen molar-refractivity contribution in [3.63, 3.8) is 0 Å². The van der Waals surface area contributed by atoms with Gasteiger partial charge in [0.1, 0.15) is 49.4 Å². The van der Waals surface area contributed by atoms with Gasteiger partial charge in [-0.1, -0.05) is 27.7 Å². The van der Waals surface area contributed by atoms with E-state index in [1.807, 2.05) is 24.3 Å². The number of nitrogens with one attached hydrogen (secondary N) is 2. The molecule has 3 aromatic heterocycles. The standard InChI is InChI=1S/C44H50N4O8/c1-43(2)25-31-19-39-38(28-15-35(55-11-7-51)24-36(16-28)56-12-8-52)18-30(46-39)22-42-44(3,4)26-32(48-42)20-40-37(17-29(45-40)21-41(43)47-31)27-13-33(53-9-5-49)23-34(14-27)54-10-6-50/h13-24,45-46,49-52H,5-12,25-26H2,1-4H3. The molecule has 0 atom stereocenters. The van der Waals surface area contributed by atoms with Crippen LogP contribution in [0.2, 0.25) is 0 Å². The number of nitrogens with zero attached hydrogens (tertiary/aromatic N) is 2. The molecule has 5 heterocycles. The van der Waals surface area contributed by atoms with Crippen LogP contribution in [0.25, 0.3) is 44.3 Å². The fourth-order valence-electron chi connectivity index (χ4n) is 7.31. The van der Waals surface area contributed by atoms with Crippen LogP contribution in [0.3, 0.4) is 0 Å². The monoisotopic (exact) mass is 762 g/mol. The SMILES string of the molecule is CC1(C)Cc2cc3[nH]c(cc4nc(cc5[nH]c(cc1n2)cc5-c1cc(OCCO)cc(OCCO)c1)CC4(C)C)cc3-c1cc(OCCO)cc(OCCO)c1. The zero-order chi connectivity index (χ0) is 39.5. The zero-order valence-electron chi connectivity index (χ0n) is 32.3. The van der Waals surface area contributed by atoms with E-state index in [0.717, 1.165) is 67.1 Å². The third-order valence-corrected chi connectivity index (χ3v) is 9.93. The topological polar surface area (TPSA) is 175 Å². The molecule has 294 valence electrons. The second-order valence-corrected chi connectivity index (χ2v) is 15.5. The molecule has 0 saturated heterocycles. The van der Waals surface area contributed by atoms with Crippen molar-refractivity contribution in [3.8, 4) is 45.3 Å². The maximum Gasteiger partial charge on any atom is 0.123 e. The zero-order valence-corrected chi connectivity index (χ0v) is 32.3. The first-order valence-electron chi connectivity index (χ1n) is 19.0. The molecule has 12 nitrogen and oxygen atoms in total. The summed E-state index contributed by atoms with van der Waals surface area (Å²) in [6.07, 6.45) is 1.42. The Morgan fingerprint density at radius 2 is 0.821 bits per heavy atom. The number of hydrogen-bond acceptors (Lipinski definition) is 10. The van der Waals surface area contributed by atoms with Gasteiger partial charge in [-0.15, -0.1) is 0 Å². The third-order valence-electron chi connectivity index (χ3n) is 9.93. The molecule has 5 aromatic rings. The van der Waals surface area contributed by atoms with E-state index in [0.29, 0.717) is 35.8 Å². The van der Waals surface area contributed by atoms with Crippen molar-refractivity contribution in [1.82, 2.24) is 19.9 Å². The molecular weight excluding hydrogens is 713 g/mol. The Morgan fingerprint density at radius 1 is 0.482 bits per heavy atom. The minimum Gasteiger partial charge on any atom is -0.491 e. The first-order valence-corrected chi connectivity index (χ1v) is 19.0. The smallest absolute Gasteiger partial charge is 0.123 e. The predicted molar refractivity (Wildman–Crippen MR) is 216 cm³/mol. The molecular formula is C44H50N4O8. The summed E-state index contributed by atoms with van der Waals surface area (Å²) in [5, 5.41) is 37.8. The number of fused-ring (bicyclic) bond motifs is 8. The number of aromatic amines is 2. The lowest BCUT2D eigenvalue weighted by molar-refractivity contribution is 0.195. The molecule has 56 heavy (non-hydrogen) atoms. The van der Waals surface area contributed by atoms with Gasteiger partial charge in [-0.25, -0.2) is 0 Å². The van der Waals surface area contributed by atoms with Gasteiger partial charge < -0.3 is 49.3 Å². The number of aliphatic hydroxyl groups excluding tert-OH is 4. The van der Waals surface area contributed by atoms with Gasteiger partial charge in [0.25, 0.3) is 0 Å². The van der Waals surface area contributed by atoms with Crippen LogP contribution in [-0.2, 0) is 23.7 Å². The highest BCUT2D eigenvalue weighted by Gasteiger charge is 2.30. The van der Waals surface area contributed by atoms with Gasteiger partial charge in [0, 0.05) is 91.8 Å². The molecule has 0 aliphatic carbocycles. The van der Waals surface area contributed by atoms with Crippen LogP contribution in [0.15, 0.2) is 72.8 Å². The second kappa shape index (κ2) is 16.4. The highest BCUT2D eigenvalue weighted by molar-refractivity contribution is 5.88. The number of aliphatic hydroxyl groups is 4. The maximum atomic E-state index is 9.45. The summed E-state index contributed by atoms with van der Waals surface area (Å²) in [5.74, 6) is 2.18. The van der Waals surface area contributed by atoms with E-state index >= 15 is 0 Å². The fourth-order valence-corrected chi connectivity index (χ4v) is 7.31. The van der Waals surface area contributed by atoms with E-state index in [4.69, 9.17) is 28.9 Å². The summed E-state index contributed by atoms with van der Waals surface area (Å²) >= 11 is 0. The number of rotatable bonds is 14. The summed E-state index contributed by atoms with van der Waals surface area (Å²) in [7, 11) is 0. The van der Waals surface area contributed by atoms with E-state index in [1.54, 1.807) is 12.1 Å². The van der Waals surface area contributed by atoms with E-state index in [9.17, 15) is 20.4 Å². The van der Waals surface area contributed by atoms with Gasteiger partial charge in [-0.05, 0) is 71.8 Å². The summed E-state index contributed by atoms with van der Waals surface area (Å²) in [6.45, 7) is 8.79. The Morgan fingerprint density at radius 3 is 1.14 bits per heavy atom. The largest absolute Gasteiger partial charge is 0.491 e. The summed E-state index contributed by atoms with van der Waals surface area (Å²) < 4.78 is 23.3. The van der Waals surface area contributed by atoms with Crippen molar-refractivity contribution in [2.75, 3.05) is 52.9 Å². The van der Waals surface area contributed by atoms with Gasteiger partial charge in [0.05, 0.1) is 26.4 Å². The highest BCUT2D eigenvalue weighted by Crippen LogP contribution is 2.39. The van der Waals surface area contributed by atoms with Crippen molar-refractivity contribution in [2.24, 2.45) is 0 Å². The Labute approximate surface area is 325 Å². The summed E-state index contributed by atoms with van der Waals surface area (Å²) in [6, 6.07) is 23.8. The Balaban J connectivity index is 1.46. The summed E-state index contributed by atoms with van der Waals surface area (Å²) in [5.41, 5.74) is 10.1. The van der Waals surface area contributed by atoms with Crippen molar-refractivity contribution in [1.29, 1.82) is 0 Å². The number of aromatic nitrogens is 4. The van der Waals surface area contributed by atoms with Crippen LogP contribution >= 0.6 is 0 Å². The van der Waals surface area contributed by atoms with Gasteiger partial charge in [-0.3, -0.25) is 9.97 Å². The quantitative estimate of drug-likeness (QED) is 0.0768. The summed E-state index contributed by atoms with van der Waals surface area (Å²) in [4.78, 5) is 17.7. The Bertz CT molecular complexity index is 2150. The molecule has 0 amide bonds. The van der Waals surface area contributed by atoms with Gasteiger partial charge in [-0.2, -0.15) is 0 Å². The molecule has 0 spiro atoms. The molecule has 0 radical (unpaired) electrons. The molecule has 8 bridgehead atoms. The average Bonchev–Trinajstić information content (AvgIpc) is 3.90. The normalized spacial score (nSPS) is 14.4. The molecule has 0 fully saturated rings. The Kier molecular flexibility index (Phi) is 11.4. The van der Waals surface area contributed by atoms with Crippen LogP contribution < -0.4 is 18.9 Å². The number of benzene rings is 2. The van der Waals surface area contributed by atoms with Crippen LogP contribution in [0.4, 0.5) is 0 Å². The molecule has 2 aromatic carbocycles. The second-order valence-electron chi connectivity index (χ2n) is 15.5. The van der Waals surface area contributed by atoms with E-state index in [2.05, 4.69) is 74.1 Å². The van der Waals surface area contributed by atoms with E-state index < -0.39 is 0 Å². The van der Waals surface area contributed by atoms with Crippen LogP contribution in [0.1, 0.15) is 50.5 Å². The van der Waals surface area contributed by atoms with Gasteiger partial charge in [0.15, 0.2) is 0 Å². The molecule has 0 unspecified atom stereocenters. The van der Waals surface area contributed by atoms with Gasteiger partial charge in [0.2, 0.25) is 0 Å². The number of H-pyrrole nitrogens is 2. The minimum absolute atomic E-state index is 0.126. The lowest BCUT2D eigenvalue weighted by Crippen LogP contribution is -2.15. The van der Waals surface area contributed by atoms with Crippen LogP contribution in [-0.4, -0.2) is 93.2 Å². The van der Waals surface area contributed by atoms with Crippen LogP contribution in [0.5, 0.6) is 23.0 Å². The van der Waals surface area contributed by atoms with Crippen molar-refractivity contribution < 1.29 is 39.4 Å². The van der Waals surface area contributed by atoms with Crippen molar-refractivity contribution in [3.05, 3.63) is 95.6 Å². The molecule has 2 aliphatic rings. The molecule has 0 saturated carbocycles. The highest BCUT2D eigenvalue weighted by atomic mass is 16.5. The lowest BCUT2D eigenvalue weighted by Gasteiger charge is -2.15. The number of hydrogen-bond donors (Lipinski definition) is 6. The molecule has 2 aliphatic heterocycles. The minimum atomic E-state index is -0.271. The van der Waals surface area contributed by atoms with Crippen molar-refractivity contribution >= 4 is 22.1 Å². The molecule has 12 heteroatoms. The average molecular weight is 763 g/mol. The van der Waals surface area contributed by atoms with Crippen LogP contribution in [0, 0.1) is 0 Å².